The van der Waals surface area contributed by atoms with Crippen LogP contribution >= 0.6 is 0 Å². The number of pyridine rings is 5. The number of aliphatic imine (C=N–C) groups is 1. The van der Waals surface area contributed by atoms with Crippen LogP contribution in [0.25, 0.3) is 82.8 Å². The number of aromatic nitrogens is 5. The molecule has 9 aromatic rings. The Balaban J connectivity index is 0.976. The predicted molar refractivity (Wildman–Crippen MR) is 225 cm³/mol. The number of nitrogens with zero attached hydrogens (tertiary/aromatic N) is 6. The molecule has 0 N–H and O–H groups in total. The van der Waals surface area contributed by atoms with Crippen LogP contribution in [0.3, 0.4) is 0 Å². The predicted octanol–water partition coefficient (Wildman–Crippen LogP) is 11.6. The highest BCUT2D eigenvalue weighted by molar-refractivity contribution is 6.26. The summed E-state index contributed by atoms with van der Waals surface area (Å²) in [6.45, 7) is 2.18. The third-order valence-corrected chi connectivity index (χ3v) is 10.8. The molecular formula is C49H34N6. The molecule has 5 aromatic heterocycles. The topological polar surface area (TPSA) is 76.8 Å². The smallest absolute Gasteiger partial charge is 0.0878 e. The lowest BCUT2D eigenvalue weighted by molar-refractivity contribution is 0.504. The van der Waals surface area contributed by atoms with Crippen LogP contribution in [-0.4, -0.2) is 31.1 Å². The summed E-state index contributed by atoms with van der Waals surface area (Å²) in [5.41, 5.74) is 10.8. The minimum atomic E-state index is -0.387. The van der Waals surface area contributed by atoms with Crippen LogP contribution in [0.1, 0.15) is 24.5 Å². The lowest BCUT2D eigenvalue weighted by Gasteiger charge is -2.28. The van der Waals surface area contributed by atoms with Crippen LogP contribution in [0.2, 0.25) is 0 Å². The van der Waals surface area contributed by atoms with Crippen LogP contribution in [0.4, 0.5) is 0 Å². The van der Waals surface area contributed by atoms with Crippen molar-refractivity contribution in [3.8, 4) is 44.9 Å². The minimum absolute atomic E-state index is 0.387. The summed E-state index contributed by atoms with van der Waals surface area (Å²) < 4.78 is 0. The summed E-state index contributed by atoms with van der Waals surface area (Å²) in [5, 5.41) is 7.39. The summed E-state index contributed by atoms with van der Waals surface area (Å²) >= 11 is 0. The van der Waals surface area contributed by atoms with Gasteiger partial charge in [0, 0.05) is 71.8 Å². The highest BCUT2D eigenvalue weighted by Crippen LogP contribution is 2.40. The van der Waals surface area contributed by atoms with Crippen LogP contribution in [-0.2, 0) is 5.54 Å². The molecule has 0 spiro atoms. The molecule has 1 aliphatic heterocycles. The number of dihydropyridines is 1. The van der Waals surface area contributed by atoms with E-state index in [2.05, 4.69) is 119 Å². The van der Waals surface area contributed by atoms with Crippen molar-refractivity contribution in [3.05, 3.63) is 182 Å². The molecule has 10 rings (SSSR count). The van der Waals surface area contributed by atoms with Gasteiger partial charge in [0.15, 0.2) is 0 Å². The average Bonchev–Trinajstić information content (AvgIpc) is 3.27. The van der Waals surface area contributed by atoms with E-state index in [1.54, 1.807) is 12.4 Å². The molecule has 1 unspecified atom stereocenters. The van der Waals surface area contributed by atoms with Crippen molar-refractivity contribution in [2.24, 2.45) is 4.99 Å². The molecule has 6 heteroatoms. The van der Waals surface area contributed by atoms with E-state index in [0.717, 1.165) is 68.0 Å². The lowest BCUT2D eigenvalue weighted by atomic mass is 9.85. The molecule has 0 bridgehead atoms. The second-order valence-electron chi connectivity index (χ2n) is 14.2. The van der Waals surface area contributed by atoms with E-state index in [4.69, 9.17) is 15.0 Å². The third-order valence-electron chi connectivity index (χ3n) is 10.8. The Hall–Kier alpha value is -7.18. The van der Waals surface area contributed by atoms with E-state index >= 15 is 0 Å². The largest absolute Gasteiger partial charge is 0.281 e. The van der Waals surface area contributed by atoms with Gasteiger partial charge in [-0.05, 0) is 129 Å². The van der Waals surface area contributed by atoms with Crippen molar-refractivity contribution in [2.75, 3.05) is 0 Å². The highest BCUT2D eigenvalue weighted by Gasteiger charge is 2.27. The monoisotopic (exact) mass is 706 g/mol. The SMILES string of the molecule is CC1(c2ccc(-c3cccnc3)nc2)CC=C(c2ccc3c4ccccc4c4ccc(-c5ccc(-c6ccc(-c7cccnc7)nc6)nc5)cc4c3c2)C=N1. The maximum atomic E-state index is 5.13. The van der Waals surface area contributed by atoms with Gasteiger partial charge in [0.1, 0.15) is 0 Å². The Kier molecular flexibility index (Phi) is 7.88. The molecule has 0 fully saturated rings. The van der Waals surface area contributed by atoms with Gasteiger partial charge in [-0.15, -0.1) is 0 Å². The van der Waals surface area contributed by atoms with Gasteiger partial charge in [-0.3, -0.25) is 29.9 Å². The summed E-state index contributed by atoms with van der Waals surface area (Å²) in [4.78, 5) is 27.9. The van der Waals surface area contributed by atoms with Crippen LogP contribution in [0.5, 0.6) is 0 Å². The molecule has 6 nitrogen and oxygen atoms in total. The fourth-order valence-electron chi connectivity index (χ4n) is 7.69. The van der Waals surface area contributed by atoms with E-state index in [0.29, 0.717) is 0 Å². The number of fused-ring (bicyclic) bond motifs is 6. The van der Waals surface area contributed by atoms with E-state index in [1.165, 1.54) is 32.3 Å². The van der Waals surface area contributed by atoms with Gasteiger partial charge >= 0.3 is 0 Å². The first-order valence-corrected chi connectivity index (χ1v) is 18.4. The summed E-state index contributed by atoms with van der Waals surface area (Å²) in [6.07, 6.45) is 18.1. The number of allylic oxidation sites excluding steroid dienone is 1. The Morgan fingerprint density at radius 2 is 0.964 bits per heavy atom. The second kappa shape index (κ2) is 13.3. The number of rotatable bonds is 6. The Labute approximate surface area is 318 Å². The minimum Gasteiger partial charge on any atom is -0.281 e. The van der Waals surface area contributed by atoms with Gasteiger partial charge in [-0.1, -0.05) is 66.7 Å². The molecule has 1 aliphatic rings. The van der Waals surface area contributed by atoms with Crippen molar-refractivity contribution >= 4 is 44.1 Å². The van der Waals surface area contributed by atoms with E-state index in [1.807, 2.05) is 67.5 Å². The lowest BCUT2D eigenvalue weighted by Crippen LogP contribution is -2.21. The first kappa shape index (κ1) is 32.5. The number of hydrogen-bond donors (Lipinski definition) is 0. The summed E-state index contributed by atoms with van der Waals surface area (Å²) in [7, 11) is 0. The molecule has 6 heterocycles. The highest BCUT2D eigenvalue weighted by atomic mass is 14.9. The molecule has 55 heavy (non-hydrogen) atoms. The fraction of sp³-hybridized carbons (Fsp3) is 0.0612. The summed E-state index contributed by atoms with van der Waals surface area (Å²) in [5.74, 6) is 0. The van der Waals surface area contributed by atoms with Gasteiger partial charge in [-0.25, -0.2) is 0 Å². The van der Waals surface area contributed by atoms with E-state index in [9.17, 15) is 0 Å². The van der Waals surface area contributed by atoms with Crippen LogP contribution < -0.4 is 0 Å². The molecule has 0 amide bonds. The van der Waals surface area contributed by atoms with Gasteiger partial charge < -0.3 is 0 Å². The standard InChI is InChI=1S/C49H34N6/c1-49(39-14-19-48(54-31-39)37-7-5-23-51-27-37)21-20-35(30-55-49)33-11-16-43-41-9-3-2-8-40(41)42-15-10-32(24-44(42)45(43)25-33)34-12-17-47(52-28-34)38-13-18-46(53-29-38)36-6-4-22-50-26-36/h2-20,22-31H,21H2,1H3. The Morgan fingerprint density at radius 1 is 0.436 bits per heavy atom. The molecule has 0 radical (unpaired) electrons. The molecule has 0 saturated heterocycles. The number of benzene rings is 4. The zero-order valence-corrected chi connectivity index (χ0v) is 30.1. The molecule has 260 valence electrons. The van der Waals surface area contributed by atoms with Crippen molar-refractivity contribution in [3.63, 3.8) is 0 Å². The molecule has 0 saturated carbocycles. The maximum absolute atomic E-state index is 5.13. The van der Waals surface area contributed by atoms with Crippen molar-refractivity contribution in [2.45, 2.75) is 18.9 Å². The Morgan fingerprint density at radius 3 is 1.49 bits per heavy atom. The summed E-state index contributed by atoms with van der Waals surface area (Å²) in [6, 6.07) is 42.7. The Bertz CT molecular complexity index is 2920. The van der Waals surface area contributed by atoms with Gasteiger partial charge in [0.25, 0.3) is 0 Å². The average molecular weight is 707 g/mol. The van der Waals surface area contributed by atoms with Crippen molar-refractivity contribution in [1.82, 2.24) is 24.9 Å². The fourth-order valence-corrected chi connectivity index (χ4v) is 7.69. The van der Waals surface area contributed by atoms with E-state index < -0.39 is 0 Å². The third kappa shape index (κ3) is 5.94. The van der Waals surface area contributed by atoms with Crippen molar-refractivity contribution in [1.29, 1.82) is 0 Å². The first-order chi connectivity index (χ1) is 27.1. The zero-order valence-electron chi connectivity index (χ0n) is 30.1. The second-order valence-corrected chi connectivity index (χ2v) is 14.2. The molecule has 0 aliphatic carbocycles. The number of hydrogen-bond acceptors (Lipinski definition) is 6. The maximum Gasteiger partial charge on any atom is 0.0878 e. The van der Waals surface area contributed by atoms with Gasteiger partial charge in [-0.2, -0.15) is 0 Å². The van der Waals surface area contributed by atoms with Crippen LogP contribution in [0, 0.1) is 0 Å². The molecule has 1 atom stereocenters. The first-order valence-electron chi connectivity index (χ1n) is 18.4. The van der Waals surface area contributed by atoms with Crippen LogP contribution in [0.15, 0.2) is 176 Å². The zero-order chi connectivity index (χ0) is 36.8. The quantitative estimate of drug-likeness (QED) is 0.161. The van der Waals surface area contributed by atoms with Gasteiger partial charge in [0.2, 0.25) is 0 Å². The van der Waals surface area contributed by atoms with Gasteiger partial charge in [0.05, 0.1) is 22.6 Å². The molecule has 4 aromatic carbocycles. The normalized spacial score (nSPS) is 15.4. The van der Waals surface area contributed by atoms with E-state index in [-0.39, 0.29) is 5.54 Å². The molecular weight excluding hydrogens is 673 g/mol. The van der Waals surface area contributed by atoms with Crippen molar-refractivity contribution < 1.29 is 0 Å².